The van der Waals surface area contributed by atoms with Crippen molar-refractivity contribution in [2.75, 3.05) is 23.9 Å². The highest BCUT2D eigenvalue weighted by Crippen LogP contribution is 2.45. The Balaban J connectivity index is 1.32. The van der Waals surface area contributed by atoms with Crippen molar-refractivity contribution in [1.82, 2.24) is 9.88 Å². The van der Waals surface area contributed by atoms with E-state index >= 15 is 0 Å². The first kappa shape index (κ1) is 20.9. The van der Waals surface area contributed by atoms with Crippen LogP contribution in [0.3, 0.4) is 0 Å². The lowest BCUT2D eigenvalue weighted by Crippen LogP contribution is -2.50. The van der Waals surface area contributed by atoms with Crippen molar-refractivity contribution in [2.24, 2.45) is 0 Å². The summed E-state index contributed by atoms with van der Waals surface area (Å²) in [6, 6.07) is 21.5. The second kappa shape index (κ2) is 7.95. The largest absolute Gasteiger partial charge is 0.497 e. The Kier molecular flexibility index (Phi) is 4.74. The maximum atomic E-state index is 13.5. The molecule has 3 amide bonds. The van der Waals surface area contributed by atoms with E-state index in [-0.39, 0.29) is 24.3 Å². The van der Waals surface area contributed by atoms with Gasteiger partial charge in [0.25, 0.3) is 11.8 Å². The zero-order valence-electron chi connectivity index (χ0n) is 18.8. The number of nitrogens with zero attached hydrogens (tertiary/aromatic N) is 3. The van der Waals surface area contributed by atoms with E-state index in [9.17, 15) is 14.4 Å². The summed E-state index contributed by atoms with van der Waals surface area (Å²) in [7, 11) is 1.59. The van der Waals surface area contributed by atoms with Crippen molar-refractivity contribution in [1.29, 1.82) is 0 Å². The van der Waals surface area contributed by atoms with Crippen molar-refractivity contribution in [3.05, 3.63) is 95.7 Å². The quantitative estimate of drug-likeness (QED) is 0.493. The molecule has 0 radical (unpaired) electrons. The van der Waals surface area contributed by atoms with Crippen LogP contribution in [0.5, 0.6) is 5.75 Å². The molecule has 3 aromatic carbocycles. The van der Waals surface area contributed by atoms with Gasteiger partial charge in [0.2, 0.25) is 5.91 Å². The number of amides is 3. The molecule has 2 aliphatic rings. The number of para-hydroxylation sites is 1. The Hall–Kier alpha value is -4.72. The number of methoxy groups -OCH3 is 1. The van der Waals surface area contributed by atoms with E-state index in [4.69, 9.17) is 4.74 Å². The number of rotatable bonds is 4. The molecule has 1 atom stereocenters. The topological polar surface area (TPSA) is 91.8 Å². The summed E-state index contributed by atoms with van der Waals surface area (Å²) < 4.78 is 5.23. The van der Waals surface area contributed by atoms with E-state index in [1.807, 2.05) is 36.4 Å². The molecule has 172 valence electrons. The molecule has 8 heteroatoms. The molecule has 35 heavy (non-hydrogen) atoms. The summed E-state index contributed by atoms with van der Waals surface area (Å²) in [5.41, 5.74) is 3.42. The first-order valence-electron chi connectivity index (χ1n) is 11.1. The SMILES string of the molecule is COc1ccc2cc(NC(=O)CN3C(=O)c4ccccc4N4C(=O)c5ccccc5C34)cnc2c1. The molecule has 6 rings (SSSR count). The van der Waals surface area contributed by atoms with Crippen molar-refractivity contribution < 1.29 is 19.1 Å². The van der Waals surface area contributed by atoms with Crippen LogP contribution in [0.1, 0.15) is 32.4 Å². The fourth-order valence-electron chi connectivity index (χ4n) is 4.79. The van der Waals surface area contributed by atoms with E-state index in [1.165, 1.54) is 4.90 Å². The molecular weight excluding hydrogens is 444 g/mol. The Morgan fingerprint density at radius 2 is 1.74 bits per heavy atom. The fourth-order valence-corrected chi connectivity index (χ4v) is 4.79. The third-order valence-electron chi connectivity index (χ3n) is 6.37. The Bertz CT molecular complexity index is 1530. The van der Waals surface area contributed by atoms with Gasteiger partial charge in [-0.15, -0.1) is 0 Å². The minimum atomic E-state index is -0.686. The number of nitrogens with one attached hydrogen (secondary N) is 1. The number of anilines is 2. The summed E-state index contributed by atoms with van der Waals surface area (Å²) in [5.74, 6) is -0.179. The van der Waals surface area contributed by atoms with Crippen LogP contribution in [0.25, 0.3) is 10.9 Å². The zero-order valence-corrected chi connectivity index (χ0v) is 18.8. The molecule has 0 fully saturated rings. The van der Waals surface area contributed by atoms with Gasteiger partial charge in [-0.05, 0) is 36.4 Å². The van der Waals surface area contributed by atoms with Crippen LogP contribution in [0.4, 0.5) is 11.4 Å². The van der Waals surface area contributed by atoms with Gasteiger partial charge >= 0.3 is 0 Å². The Morgan fingerprint density at radius 1 is 0.971 bits per heavy atom. The third kappa shape index (κ3) is 3.30. The molecular formula is C27H20N4O4. The fraction of sp³-hybridized carbons (Fsp3) is 0.111. The van der Waals surface area contributed by atoms with E-state index in [0.29, 0.717) is 33.8 Å². The van der Waals surface area contributed by atoms with Crippen LogP contribution < -0.4 is 15.0 Å². The molecule has 4 aromatic rings. The summed E-state index contributed by atoms with van der Waals surface area (Å²) in [5, 5.41) is 3.68. The normalized spacial score (nSPS) is 16.1. The first-order chi connectivity index (χ1) is 17.0. The lowest BCUT2D eigenvalue weighted by molar-refractivity contribution is -0.117. The molecule has 0 saturated carbocycles. The predicted octanol–water partition coefficient (Wildman–Crippen LogP) is 4.00. The van der Waals surface area contributed by atoms with Gasteiger partial charge in [0.15, 0.2) is 0 Å². The second-order valence-corrected chi connectivity index (χ2v) is 8.42. The highest BCUT2D eigenvalue weighted by Gasteiger charge is 2.48. The van der Waals surface area contributed by atoms with Crippen LogP contribution in [-0.4, -0.2) is 41.3 Å². The number of ether oxygens (including phenoxy) is 1. The summed E-state index contributed by atoms with van der Waals surface area (Å²) in [6.07, 6.45) is 0.877. The van der Waals surface area contributed by atoms with Crippen LogP contribution in [0, 0.1) is 0 Å². The smallest absolute Gasteiger partial charge is 0.260 e. The highest BCUT2D eigenvalue weighted by molar-refractivity contribution is 6.17. The zero-order chi connectivity index (χ0) is 24.1. The third-order valence-corrected chi connectivity index (χ3v) is 6.37. The van der Waals surface area contributed by atoms with Gasteiger partial charge in [-0.3, -0.25) is 24.3 Å². The lowest BCUT2D eigenvalue weighted by Gasteiger charge is -2.40. The average molecular weight is 464 g/mol. The van der Waals surface area contributed by atoms with Crippen molar-refractivity contribution in [3.63, 3.8) is 0 Å². The molecule has 1 aromatic heterocycles. The van der Waals surface area contributed by atoms with Crippen LogP contribution in [-0.2, 0) is 4.79 Å². The summed E-state index contributed by atoms with van der Waals surface area (Å²) >= 11 is 0. The number of carbonyl (C=O) groups excluding carboxylic acids is 3. The van der Waals surface area contributed by atoms with E-state index < -0.39 is 6.17 Å². The van der Waals surface area contributed by atoms with Gasteiger partial charge in [0.1, 0.15) is 18.5 Å². The Labute approximate surface area is 200 Å². The monoisotopic (exact) mass is 464 g/mol. The average Bonchev–Trinajstić information content (AvgIpc) is 3.18. The molecule has 3 heterocycles. The van der Waals surface area contributed by atoms with Gasteiger partial charge in [0, 0.05) is 22.6 Å². The molecule has 0 saturated heterocycles. The lowest BCUT2D eigenvalue weighted by atomic mass is 10.0. The van der Waals surface area contributed by atoms with E-state index in [2.05, 4.69) is 10.3 Å². The van der Waals surface area contributed by atoms with Gasteiger partial charge in [0.05, 0.1) is 35.8 Å². The number of pyridine rings is 1. The van der Waals surface area contributed by atoms with Crippen molar-refractivity contribution in [3.8, 4) is 5.75 Å². The first-order valence-corrected chi connectivity index (χ1v) is 11.1. The standard InChI is InChI=1S/C27H20N4O4/c1-35-18-11-10-16-12-17(14-28-22(16)13-18)29-24(32)15-30-25-19-6-2-3-7-20(19)27(34)31(25)23-9-5-4-8-21(23)26(30)33/h2-14,25H,15H2,1H3,(H,29,32). The Morgan fingerprint density at radius 3 is 2.57 bits per heavy atom. The molecule has 1 unspecified atom stereocenters. The van der Waals surface area contributed by atoms with Crippen LogP contribution >= 0.6 is 0 Å². The maximum absolute atomic E-state index is 13.5. The van der Waals surface area contributed by atoms with Crippen LogP contribution in [0.2, 0.25) is 0 Å². The van der Waals surface area contributed by atoms with E-state index in [0.717, 1.165) is 10.9 Å². The summed E-state index contributed by atoms with van der Waals surface area (Å²) in [6.45, 7) is -0.226. The predicted molar refractivity (Wildman–Crippen MR) is 130 cm³/mol. The number of hydrogen-bond donors (Lipinski definition) is 1. The molecule has 0 bridgehead atoms. The van der Waals surface area contributed by atoms with Gasteiger partial charge < -0.3 is 15.0 Å². The molecule has 1 N–H and O–H groups in total. The number of carbonyl (C=O) groups is 3. The minimum Gasteiger partial charge on any atom is -0.497 e. The number of aromatic nitrogens is 1. The maximum Gasteiger partial charge on any atom is 0.260 e. The summed E-state index contributed by atoms with van der Waals surface area (Å²) in [4.78, 5) is 47.3. The second-order valence-electron chi connectivity index (χ2n) is 8.42. The molecule has 2 aliphatic heterocycles. The van der Waals surface area contributed by atoms with Gasteiger partial charge in [-0.2, -0.15) is 0 Å². The van der Waals surface area contributed by atoms with E-state index in [1.54, 1.807) is 54.6 Å². The highest BCUT2D eigenvalue weighted by atomic mass is 16.5. The minimum absolute atomic E-state index is 0.190. The molecule has 8 nitrogen and oxygen atoms in total. The molecule has 0 spiro atoms. The number of hydrogen-bond acceptors (Lipinski definition) is 5. The van der Waals surface area contributed by atoms with Crippen LogP contribution in [0.15, 0.2) is 79.0 Å². The number of fused-ring (bicyclic) bond motifs is 6. The van der Waals surface area contributed by atoms with Gasteiger partial charge in [-0.1, -0.05) is 30.3 Å². The molecule has 0 aliphatic carbocycles. The van der Waals surface area contributed by atoms with Gasteiger partial charge in [-0.25, -0.2) is 0 Å². The van der Waals surface area contributed by atoms with Crippen molar-refractivity contribution in [2.45, 2.75) is 6.17 Å². The number of benzene rings is 3. The van der Waals surface area contributed by atoms with Crippen molar-refractivity contribution >= 4 is 40.0 Å².